The van der Waals surface area contributed by atoms with Crippen molar-refractivity contribution >= 4 is 16.7 Å². The van der Waals surface area contributed by atoms with Crippen molar-refractivity contribution in [1.29, 1.82) is 0 Å². The molecule has 1 aliphatic carbocycles. The van der Waals surface area contributed by atoms with Gasteiger partial charge in [-0.15, -0.1) is 0 Å². The average Bonchev–Trinajstić information content (AvgIpc) is 2.86. The molecule has 16 heavy (non-hydrogen) atoms. The summed E-state index contributed by atoms with van der Waals surface area (Å²) in [6, 6.07) is 6.23. The van der Waals surface area contributed by atoms with Crippen LogP contribution in [0.25, 0.3) is 10.9 Å². The fraction of sp³-hybridized carbons (Fsp3) is 0.385. The lowest BCUT2D eigenvalue weighted by molar-refractivity contribution is -0.118. The summed E-state index contributed by atoms with van der Waals surface area (Å²) < 4.78 is 1.86. The van der Waals surface area contributed by atoms with Crippen molar-refractivity contribution < 1.29 is 4.79 Å². The molecule has 0 bridgehead atoms. The van der Waals surface area contributed by atoms with E-state index in [0.717, 1.165) is 35.7 Å². The van der Waals surface area contributed by atoms with Crippen molar-refractivity contribution in [1.82, 2.24) is 9.78 Å². The van der Waals surface area contributed by atoms with E-state index in [1.165, 1.54) is 0 Å². The zero-order valence-corrected chi connectivity index (χ0v) is 9.31. The molecule has 1 aromatic carbocycles. The highest BCUT2D eigenvalue weighted by Crippen LogP contribution is 2.32. The molecule has 0 amide bonds. The van der Waals surface area contributed by atoms with Crippen LogP contribution in [0.4, 0.5) is 0 Å². The molecular formula is C13H14N2O. The van der Waals surface area contributed by atoms with Gasteiger partial charge in [0, 0.05) is 24.8 Å². The zero-order chi connectivity index (χ0) is 11.1. The fourth-order valence-corrected chi connectivity index (χ4v) is 2.57. The first-order valence-electron chi connectivity index (χ1n) is 5.70. The van der Waals surface area contributed by atoms with Gasteiger partial charge in [-0.05, 0) is 30.5 Å². The molecular weight excluding hydrogens is 200 g/mol. The molecule has 2 aromatic rings. The number of ketones is 1. The maximum atomic E-state index is 11.7. The van der Waals surface area contributed by atoms with Crippen LogP contribution in [-0.4, -0.2) is 15.6 Å². The lowest BCUT2D eigenvalue weighted by Gasteiger charge is -2.08. The van der Waals surface area contributed by atoms with Gasteiger partial charge in [0.05, 0.1) is 11.7 Å². The Bertz CT molecular complexity index is 556. The minimum atomic E-state index is 0.129. The molecule has 1 fully saturated rings. The highest BCUT2D eigenvalue weighted by atomic mass is 16.1. The van der Waals surface area contributed by atoms with Crippen molar-refractivity contribution in [2.24, 2.45) is 7.05 Å². The molecule has 1 aromatic heterocycles. The third-order valence-electron chi connectivity index (χ3n) is 3.48. The molecule has 0 aliphatic heterocycles. The van der Waals surface area contributed by atoms with Crippen LogP contribution in [0, 0.1) is 0 Å². The molecule has 1 atom stereocenters. The summed E-state index contributed by atoms with van der Waals surface area (Å²) in [6.07, 6.45) is 4.65. The number of aromatic nitrogens is 2. The van der Waals surface area contributed by atoms with Gasteiger partial charge < -0.3 is 0 Å². The van der Waals surface area contributed by atoms with Crippen molar-refractivity contribution in [3.63, 3.8) is 0 Å². The third kappa shape index (κ3) is 1.35. The van der Waals surface area contributed by atoms with Crippen LogP contribution in [0.1, 0.15) is 30.7 Å². The molecule has 3 nitrogen and oxygen atoms in total. The maximum absolute atomic E-state index is 11.7. The van der Waals surface area contributed by atoms with E-state index in [0.29, 0.717) is 5.78 Å². The smallest absolute Gasteiger partial charge is 0.140 e. The summed E-state index contributed by atoms with van der Waals surface area (Å²) >= 11 is 0. The Morgan fingerprint density at radius 3 is 3.06 bits per heavy atom. The Kier molecular flexibility index (Phi) is 2.06. The first-order chi connectivity index (χ1) is 7.75. The lowest BCUT2D eigenvalue weighted by atomic mass is 9.96. The number of carbonyl (C=O) groups excluding carboxylic acids is 1. The highest BCUT2D eigenvalue weighted by Gasteiger charge is 2.25. The number of carbonyl (C=O) groups is 1. The van der Waals surface area contributed by atoms with E-state index in [-0.39, 0.29) is 5.92 Å². The normalized spacial score (nSPS) is 20.8. The molecule has 82 valence electrons. The largest absolute Gasteiger partial charge is 0.299 e. The van der Waals surface area contributed by atoms with Gasteiger partial charge in [-0.2, -0.15) is 5.10 Å². The van der Waals surface area contributed by atoms with Gasteiger partial charge in [-0.3, -0.25) is 9.48 Å². The molecule has 0 N–H and O–H groups in total. The number of rotatable bonds is 1. The van der Waals surface area contributed by atoms with E-state index in [1.54, 1.807) is 0 Å². The van der Waals surface area contributed by atoms with Crippen LogP contribution in [-0.2, 0) is 11.8 Å². The number of hydrogen-bond donors (Lipinski definition) is 0. The first kappa shape index (κ1) is 9.58. The summed E-state index contributed by atoms with van der Waals surface area (Å²) in [6.45, 7) is 0. The van der Waals surface area contributed by atoms with Gasteiger partial charge in [0.15, 0.2) is 0 Å². The van der Waals surface area contributed by atoms with Gasteiger partial charge >= 0.3 is 0 Å². The van der Waals surface area contributed by atoms with Crippen LogP contribution in [0.2, 0.25) is 0 Å². The number of benzene rings is 1. The SMILES string of the molecule is Cn1ncc2cc(C3CCCC3=O)ccc21. The first-order valence-corrected chi connectivity index (χ1v) is 5.70. The summed E-state index contributed by atoms with van der Waals surface area (Å²) in [5.74, 6) is 0.521. The van der Waals surface area contributed by atoms with E-state index in [9.17, 15) is 4.79 Å². The van der Waals surface area contributed by atoms with Crippen LogP contribution < -0.4 is 0 Å². The van der Waals surface area contributed by atoms with Gasteiger partial charge in [0.2, 0.25) is 0 Å². The zero-order valence-electron chi connectivity index (χ0n) is 9.31. The number of Topliss-reactive ketones (excluding diaryl/α,β-unsaturated/α-hetero) is 1. The van der Waals surface area contributed by atoms with Gasteiger partial charge in [-0.1, -0.05) is 6.07 Å². The second-order valence-corrected chi connectivity index (χ2v) is 4.50. The highest BCUT2D eigenvalue weighted by molar-refractivity contribution is 5.89. The average molecular weight is 214 g/mol. The molecule has 0 saturated heterocycles. The molecule has 1 aliphatic rings. The van der Waals surface area contributed by atoms with Crippen LogP contribution in [0.3, 0.4) is 0 Å². The monoisotopic (exact) mass is 214 g/mol. The minimum absolute atomic E-state index is 0.129. The number of nitrogens with zero attached hydrogens (tertiary/aromatic N) is 2. The van der Waals surface area contributed by atoms with Crippen LogP contribution in [0.5, 0.6) is 0 Å². The van der Waals surface area contributed by atoms with E-state index < -0.39 is 0 Å². The Labute approximate surface area is 94.1 Å². The van der Waals surface area contributed by atoms with Gasteiger partial charge in [-0.25, -0.2) is 0 Å². The Hall–Kier alpha value is -1.64. The standard InChI is InChI=1S/C13H14N2O/c1-15-12-6-5-9(7-10(12)8-14-15)11-3-2-4-13(11)16/h5-8,11H,2-4H2,1H3. The molecule has 0 spiro atoms. The number of hydrogen-bond acceptors (Lipinski definition) is 2. The quantitative estimate of drug-likeness (QED) is 0.730. The predicted octanol–water partition coefficient (Wildman–Crippen LogP) is 2.41. The second-order valence-electron chi connectivity index (χ2n) is 4.50. The van der Waals surface area contributed by atoms with Crippen molar-refractivity contribution in [3.8, 4) is 0 Å². The Morgan fingerprint density at radius 2 is 2.31 bits per heavy atom. The molecule has 3 heteroatoms. The summed E-state index contributed by atoms with van der Waals surface area (Å²) in [4.78, 5) is 11.7. The Balaban J connectivity index is 2.08. The van der Waals surface area contributed by atoms with E-state index in [4.69, 9.17) is 0 Å². The summed E-state index contributed by atoms with van der Waals surface area (Å²) in [5.41, 5.74) is 2.28. The topological polar surface area (TPSA) is 34.9 Å². The summed E-state index contributed by atoms with van der Waals surface area (Å²) in [5, 5.41) is 5.34. The molecule has 1 saturated carbocycles. The fourth-order valence-electron chi connectivity index (χ4n) is 2.57. The molecule has 3 rings (SSSR count). The Morgan fingerprint density at radius 1 is 1.44 bits per heavy atom. The van der Waals surface area contributed by atoms with E-state index >= 15 is 0 Å². The van der Waals surface area contributed by atoms with Crippen molar-refractivity contribution in [2.75, 3.05) is 0 Å². The minimum Gasteiger partial charge on any atom is -0.299 e. The lowest BCUT2D eigenvalue weighted by Crippen LogP contribution is -2.03. The third-order valence-corrected chi connectivity index (χ3v) is 3.48. The molecule has 1 unspecified atom stereocenters. The second kappa shape index (κ2) is 3.44. The predicted molar refractivity (Wildman–Crippen MR) is 62.3 cm³/mol. The maximum Gasteiger partial charge on any atom is 0.140 e. The van der Waals surface area contributed by atoms with Crippen LogP contribution in [0.15, 0.2) is 24.4 Å². The van der Waals surface area contributed by atoms with E-state index in [2.05, 4.69) is 23.3 Å². The van der Waals surface area contributed by atoms with Gasteiger partial charge in [0.1, 0.15) is 5.78 Å². The van der Waals surface area contributed by atoms with E-state index in [1.807, 2.05) is 17.9 Å². The number of fused-ring (bicyclic) bond motifs is 1. The summed E-state index contributed by atoms with van der Waals surface area (Å²) in [7, 11) is 1.93. The number of aryl methyl sites for hydroxylation is 1. The van der Waals surface area contributed by atoms with Crippen molar-refractivity contribution in [3.05, 3.63) is 30.0 Å². The molecule has 1 heterocycles. The molecule has 0 radical (unpaired) electrons. The van der Waals surface area contributed by atoms with Gasteiger partial charge in [0.25, 0.3) is 0 Å². The van der Waals surface area contributed by atoms with Crippen molar-refractivity contribution in [2.45, 2.75) is 25.2 Å². The van der Waals surface area contributed by atoms with Crippen LogP contribution >= 0.6 is 0 Å².